The Kier molecular flexibility index (Phi) is 3.60. The van der Waals surface area contributed by atoms with Crippen LogP contribution in [0.4, 0.5) is 4.39 Å². The van der Waals surface area contributed by atoms with Gasteiger partial charge in [0.25, 0.3) is 5.91 Å². The maximum atomic E-state index is 13.1. The van der Waals surface area contributed by atoms with Crippen LogP contribution >= 0.6 is 0 Å². The number of hydrogen-bond acceptors (Lipinski definition) is 4. The lowest BCUT2D eigenvalue weighted by atomic mass is 10.1. The third kappa shape index (κ3) is 2.74. The van der Waals surface area contributed by atoms with Crippen molar-refractivity contribution in [3.05, 3.63) is 53.1 Å². The third-order valence-corrected chi connectivity index (χ3v) is 3.76. The van der Waals surface area contributed by atoms with Crippen LogP contribution < -0.4 is 0 Å². The van der Waals surface area contributed by atoms with E-state index >= 15 is 0 Å². The molecule has 3 heterocycles. The fraction of sp³-hybridized carbons (Fsp3) is 0.333. The van der Waals surface area contributed by atoms with Gasteiger partial charge in [-0.25, -0.2) is 15.0 Å². The van der Waals surface area contributed by atoms with Gasteiger partial charge >= 0.3 is 0 Å². The minimum Gasteiger partial charge on any atom is -0.338 e. The first-order valence-electron chi connectivity index (χ1n) is 6.85. The van der Waals surface area contributed by atoms with Crippen LogP contribution in [0.25, 0.3) is 0 Å². The van der Waals surface area contributed by atoms with Crippen molar-refractivity contribution < 1.29 is 9.18 Å². The first kappa shape index (κ1) is 13.6. The zero-order valence-corrected chi connectivity index (χ0v) is 11.7. The van der Waals surface area contributed by atoms with Crippen LogP contribution in [0.1, 0.15) is 27.3 Å². The Morgan fingerprint density at radius 1 is 1.24 bits per heavy atom. The van der Waals surface area contributed by atoms with Crippen LogP contribution in [0.3, 0.4) is 0 Å². The van der Waals surface area contributed by atoms with E-state index in [9.17, 15) is 9.18 Å². The molecule has 108 valence electrons. The second kappa shape index (κ2) is 5.55. The van der Waals surface area contributed by atoms with Gasteiger partial charge in [-0.15, -0.1) is 0 Å². The Bertz CT molecular complexity index is 689. The van der Waals surface area contributed by atoms with Crippen molar-refractivity contribution in [2.24, 2.45) is 0 Å². The summed E-state index contributed by atoms with van der Waals surface area (Å²) in [6.07, 6.45) is 4.29. The largest absolute Gasteiger partial charge is 0.338 e. The normalized spacial score (nSPS) is 14.5. The topological polar surface area (TPSA) is 59.0 Å². The van der Waals surface area contributed by atoms with Crippen LogP contribution in [0.2, 0.25) is 0 Å². The van der Waals surface area contributed by atoms with Gasteiger partial charge in [-0.2, -0.15) is 4.39 Å². The van der Waals surface area contributed by atoms with Gasteiger partial charge < -0.3 is 4.90 Å². The molecule has 1 aliphatic heterocycles. The quantitative estimate of drug-likeness (QED) is 0.746. The average molecular weight is 286 g/mol. The summed E-state index contributed by atoms with van der Waals surface area (Å²) in [6, 6.07) is 2.71. The highest BCUT2D eigenvalue weighted by Crippen LogP contribution is 2.17. The summed E-state index contributed by atoms with van der Waals surface area (Å²) in [7, 11) is 0. The Labute approximate surface area is 121 Å². The molecule has 0 unspecified atom stereocenters. The highest BCUT2D eigenvalue weighted by Gasteiger charge is 2.21. The molecule has 2 aromatic rings. The Hall–Kier alpha value is -2.37. The predicted molar refractivity (Wildman–Crippen MR) is 74.3 cm³/mol. The van der Waals surface area contributed by atoms with E-state index in [1.54, 1.807) is 11.2 Å². The van der Waals surface area contributed by atoms with E-state index in [0.29, 0.717) is 25.1 Å². The highest BCUT2D eigenvalue weighted by molar-refractivity contribution is 5.94. The molecule has 0 saturated carbocycles. The van der Waals surface area contributed by atoms with Crippen molar-refractivity contribution >= 4 is 5.91 Å². The first-order chi connectivity index (χ1) is 10.1. The number of rotatable bonds is 1. The number of halogens is 1. The van der Waals surface area contributed by atoms with E-state index < -0.39 is 5.95 Å². The molecule has 2 aromatic heterocycles. The molecule has 1 amide bonds. The van der Waals surface area contributed by atoms with Gasteiger partial charge in [-0.05, 0) is 25.0 Å². The molecular weight excluding hydrogens is 271 g/mol. The van der Waals surface area contributed by atoms with Crippen molar-refractivity contribution in [3.63, 3.8) is 0 Å². The average Bonchev–Trinajstić information content (AvgIpc) is 2.70. The van der Waals surface area contributed by atoms with Crippen LogP contribution in [0, 0.1) is 12.9 Å². The second-order valence-corrected chi connectivity index (χ2v) is 5.04. The Morgan fingerprint density at radius 3 is 2.86 bits per heavy atom. The van der Waals surface area contributed by atoms with E-state index in [1.807, 2.05) is 6.92 Å². The van der Waals surface area contributed by atoms with Gasteiger partial charge in [-0.1, -0.05) is 0 Å². The predicted octanol–water partition coefficient (Wildman–Crippen LogP) is 1.56. The maximum absolute atomic E-state index is 13.1. The number of carbonyl (C=O) groups excluding carboxylic acids is 1. The van der Waals surface area contributed by atoms with Gasteiger partial charge in [0.1, 0.15) is 6.33 Å². The zero-order chi connectivity index (χ0) is 14.8. The molecule has 0 radical (unpaired) electrons. The Balaban J connectivity index is 1.81. The summed E-state index contributed by atoms with van der Waals surface area (Å²) in [6.45, 7) is 3.12. The summed E-state index contributed by atoms with van der Waals surface area (Å²) in [5, 5.41) is 0. The molecule has 0 bridgehead atoms. The van der Waals surface area contributed by atoms with Crippen molar-refractivity contribution in [2.45, 2.75) is 19.8 Å². The summed E-state index contributed by atoms with van der Waals surface area (Å²) in [4.78, 5) is 26.1. The lowest BCUT2D eigenvalue weighted by Gasteiger charge is -2.20. The molecule has 3 rings (SSSR count). The lowest BCUT2D eigenvalue weighted by molar-refractivity contribution is 0.0762. The summed E-state index contributed by atoms with van der Waals surface area (Å²) < 4.78 is 13.1. The number of aromatic nitrogens is 3. The fourth-order valence-corrected chi connectivity index (χ4v) is 2.61. The number of nitrogens with zero attached hydrogens (tertiary/aromatic N) is 4. The maximum Gasteiger partial charge on any atom is 0.254 e. The monoisotopic (exact) mass is 286 g/mol. The molecule has 0 saturated heterocycles. The van der Waals surface area contributed by atoms with E-state index in [4.69, 9.17) is 0 Å². The molecule has 5 nitrogen and oxygen atoms in total. The lowest BCUT2D eigenvalue weighted by Crippen LogP contribution is -2.33. The van der Waals surface area contributed by atoms with Gasteiger partial charge in [-0.3, -0.25) is 4.79 Å². The summed E-state index contributed by atoms with van der Waals surface area (Å²) >= 11 is 0. The number of amides is 1. The number of fused-ring (bicyclic) bond motifs is 1. The molecular formula is C15H15FN4O. The molecule has 0 N–H and O–H groups in total. The molecule has 6 heteroatoms. The molecule has 21 heavy (non-hydrogen) atoms. The standard InChI is InChI=1S/C15H15FN4O/c1-10-12-3-6-20(7-4-13(12)19-9-18-10)15(21)11-2-5-17-14(16)8-11/h2,5,8-9H,3-4,6-7H2,1H3. The van der Waals surface area contributed by atoms with Crippen LogP contribution in [-0.4, -0.2) is 38.8 Å². The van der Waals surface area contributed by atoms with E-state index in [1.165, 1.54) is 18.3 Å². The van der Waals surface area contributed by atoms with Crippen molar-refractivity contribution in [3.8, 4) is 0 Å². The van der Waals surface area contributed by atoms with Crippen molar-refractivity contribution in [2.75, 3.05) is 13.1 Å². The van der Waals surface area contributed by atoms with E-state index in [2.05, 4.69) is 15.0 Å². The number of aryl methyl sites for hydroxylation is 1. The van der Waals surface area contributed by atoms with Crippen LogP contribution in [0.15, 0.2) is 24.7 Å². The first-order valence-corrected chi connectivity index (χ1v) is 6.85. The van der Waals surface area contributed by atoms with Gasteiger partial charge in [0.2, 0.25) is 5.95 Å². The minimum atomic E-state index is -0.638. The summed E-state index contributed by atoms with van der Waals surface area (Å²) in [5.74, 6) is -0.810. The number of carbonyl (C=O) groups is 1. The zero-order valence-electron chi connectivity index (χ0n) is 11.7. The van der Waals surface area contributed by atoms with Gasteiger partial charge in [0.05, 0.1) is 0 Å². The van der Waals surface area contributed by atoms with E-state index in [0.717, 1.165) is 23.4 Å². The molecule has 0 spiro atoms. The second-order valence-electron chi connectivity index (χ2n) is 5.04. The van der Waals surface area contributed by atoms with Crippen molar-refractivity contribution in [1.29, 1.82) is 0 Å². The minimum absolute atomic E-state index is 0.172. The highest BCUT2D eigenvalue weighted by atomic mass is 19.1. The SMILES string of the molecule is Cc1ncnc2c1CCN(C(=O)c1ccnc(F)c1)CC2. The third-order valence-electron chi connectivity index (χ3n) is 3.76. The summed E-state index contributed by atoms with van der Waals surface area (Å²) in [5.41, 5.74) is 3.41. The number of hydrogen-bond donors (Lipinski definition) is 0. The number of pyridine rings is 1. The molecule has 0 fully saturated rings. The van der Waals surface area contributed by atoms with Crippen LogP contribution in [-0.2, 0) is 12.8 Å². The molecule has 0 atom stereocenters. The van der Waals surface area contributed by atoms with Crippen molar-refractivity contribution in [1.82, 2.24) is 19.9 Å². The van der Waals surface area contributed by atoms with Gasteiger partial charge in [0.15, 0.2) is 0 Å². The fourth-order valence-electron chi connectivity index (χ4n) is 2.61. The molecule has 0 aromatic carbocycles. The van der Waals surface area contributed by atoms with Gasteiger partial charge in [0, 0.05) is 48.7 Å². The molecule has 0 aliphatic carbocycles. The smallest absolute Gasteiger partial charge is 0.254 e. The Morgan fingerprint density at radius 2 is 2.05 bits per heavy atom. The molecule has 1 aliphatic rings. The van der Waals surface area contributed by atoms with E-state index in [-0.39, 0.29) is 5.91 Å². The van der Waals surface area contributed by atoms with Crippen LogP contribution in [0.5, 0.6) is 0 Å².